The number of hydrazone groups is 1. The van der Waals surface area contributed by atoms with E-state index in [2.05, 4.69) is 10.5 Å². The Hall–Kier alpha value is -1.98. The molecule has 1 aromatic heterocycles. The number of aryl methyl sites for hydroxylation is 1. The lowest BCUT2D eigenvalue weighted by Crippen LogP contribution is -2.25. The number of rotatable bonds is 4. The fourth-order valence-electron chi connectivity index (χ4n) is 1.53. The van der Waals surface area contributed by atoms with E-state index in [1.54, 1.807) is 41.8 Å². The number of carbonyl (C=O) groups excluding carboxylic acids is 1. The fourth-order valence-corrected chi connectivity index (χ4v) is 2.28. The van der Waals surface area contributed by atoms with Gasteiger partial charge in [0.2, 0.25) is 0 Å². The van der Waals surface area contributed by atoms with Crippen LogP contribution in [-0.4, -0.2) is 17.2 Å². The Labute approximate surface area is 115 Å². The lowest BCUT2D eigenvalue weighted by atomic mass is 10.1. The zero-order chi connectivity index (χ0) is 13.7. The normalized spacial score (nSPS) is 12.5. The minimum absolute atomic E-state index is 0.544. The van der Waals surface area contributed by atoms with Gasteiger partial charge in [-0.05, 0) is 24.6 Å². The highest BCUT2D eigenvalue weighted by Gasteiger charge is 2.15. The van der Waals surface area contributed by atoms with Crippen molar-refractivity contribution < 1.29 is 9.90 Å². The lowest BCUT2D eigenvalue weighted by molar-refractivity contribution is -0.129. The Morgan fingerprint density at radius 2 is 2.05 bits per heavy atom. The van der Waals surface area contributed by atoms with Crippen molar-refractivity contribution in [1.82, 2.24) is 5.43 Å². The zero-order valence-corrected chi connectivity index (χ0v) is 11.2. The van der Waals surface area contributed by atoms with Crippen LogP contribution in [0.15, 0.2) is 47.6 Å². The molecule has 0 saturated carbocycles. The number of amides is 1. The van der Waals surface area contributed by atoms with Gasteiger partial charge in [0.1, 0.15) is 0 Å². The molecule has 2 N–H and O–H groups in total. The molecule has 1 atom stereocenters. The van der Waals surface area contributed by atoms with Crippen molar-refractivity contribution in [2.45, 2.75) is 13.0 Å². The molecule has 0 unspecified atom stereocenters. The summed E-state index contributed by atoms with van der Waals surface area (Å²) in [5.74, 6) is -0.546. The van der Waals surface area contributed by atoms with Crippen LogP contribution in [0.25, 0.3) is 0 Å². The molecule has 0 aliphatic rings. The molecule has 98 valence electrons. The molecule has 2 aromatic rings. The summed E-state index contributed by atoms with van der Waals surface area (Å²) in [4.78, 5) is 13.8. The highest BCUT2D eigenvalue weighted by atomic mass is 32.1. The third kappa shape index (κ3) is 3.74. The quantitative estimate of drug-likeness (QED) is 0.663. The predicted molar refractivity (Wildman–Crippen MR) is 76.2 cm³/mol. The first-order valence-corrected chi connectivity index (χ1v) is 6.61. The summed E-state index contributed by atoms with van der Waals surface area (Å²) in [6.45, 7) is 2.00. The first-order chi connectivity index (χ1) is 9.16. The molecule has 5 heteroatoms. The maximum atomic E-state index is 11.7. The van der Waals surface area contributed by atoms with Crippen molar-refractivity contribution >= 4 is 23.5 Å². The van der Waals surface area contributed by atoms with Crippen LogP contribution in [0.2, 0.25) is 0 Å². The van der Waals surface area contributed by atoms with Crippen molar-refractivity contribution in [3.05, 3.63) is 57.8 Å². The van der Waals surface area contributed by atoms with Gasteiger partial charge in [-0.25, -0.2) is 5.43 Å². The minimum atomic E-state index is -1.21. The third-order valence-corrected chi connectivity index (χ3v) is 3.43. The zero-order valence-electron chi connectivity index (χ0n) is 10.4. The topological polar surface area (TPSA) is 61.7 Å². The van der Waals surface area contributed by atoms with Crippen LogP contribution >= 0.6 is 11.3 Å². The number of thiophene rings is 1. The van der Waals surface area contributed by atoms with E-state index < -0.39 is 12.0 Å². The Morgan fingerprint density at radius 3 is 2.68 bits per heavy atom. The summed E-state index contributed by atoms with van der Waals surface area (Å²) in [6.07, 6.45) is 0.358. The van der Waals surface area contributed by atoms with E-state index >= 15 is 0 Å². The average Bonchev–Trinajstić information content (AvgIpc) is 2.84. The Morgan fingerprint density at radius 1 is 1.32 bits per heavy atom. The highest BCUT2D eigenvalue weighted by molar-refractivity contribution is 7.13. The van der Waals surface area contributed by atoms with Gasteiger partial charge in [0, 0.05) is 9.75 Å². The molecule has 2 rings (SSSR count). The van der Waals surface area contributed by atoms with Crippen molar-refractivity contribution in [1.29, 1.82) is 0 Å². The summed E-state index contributed by atoms with van der Waals surface area (Å²) in [6, 6.07) is 12.6. The van der Waals surface area contributed by atoms with Crippen LogP contribution in [0, 0.1) is 6.92 Å². The van der Waals surface area contributed by atoms with Crippen LogP contribution < -0.4 is 5.43 Å². The SMILES string of the molecule is Cc1ccc(/C=N\NC(=O)[C@@H](O)c2ccccc2)s1. The smallest absolute Gasteiger partial charge is 0.273 e. The van der Waals surface area contributed by atoms with Crippen LogP contribution in [-0.2, 0) is 4.79 Å². The van der Waals surface area contributed by atoms with E-state index in [9.17, 15) is 9.90 Å². The van der Waals surface area contributed by atoms with Crippen LogP contribution in [0.5, 0.6) is 0 Å². The molecular weight excluding hydrogens is 260 g/mol. The Kier molecular flexibility index (Phi) is 4.43. The molecular formula is C14H14N2O2S. The number of carbonyl (C=O) groups is 1. The van der Waals surface area contributed by atoms with Gasteiger partial charge < -0.3 is 5.11 Å². The van der Waals surface area contributed by atoms with E-state index in [-0.39, 0.29) is 0 Å². The molecule has 0 aliphatic heterocycles. The summed E-state index contributed by atoms with van der Waals surface area (Å²) < 4.78 is 0. The lowest BCUT2D eigenvalue weighted by Gasteiger charge is -2.08. The summed E-state index contributed by atoms with van der Waals surface area (Å²) in [5, 5.41) is 13.6. The highest BCUT2D eigenvalue weighted by Crippen LogP contribution is 2.13. The Balaban J connectivity index is 1.93. The first-order valence-electron chi connectivity index (χ1n) is 5.79. The standard InChI is InChI=1S/C14H14N2O2S/c1-10-7-8-12(19-10)9-15-16-14(18)13(17)11-5-3-2-4-6-11/h2-9,13,17H,1H3,(H,16,18)/b15-9-/t13-/m0/s1. The van der Waals surface area contributed by atoms with E-state index in [1.807, 2.05) is 25.1 Å². The van der Waals surface area contributed by atoms with Gasteiger partial charge in [0.15, 0.2) is 6.10 Å². The molecule has 0 aliphatic carbocycles. The van der Waals surface area contributed by atoms with Gasteiger partial charge in [-0.1, -0.05) is 30.3 Å². The monoisotopic (exact) mass is 274 g/mol. The van der Waals surface area contributed by atoms with Crippen molar-refractivity contribution in [3.63, 3.8) is 0 Å². The van der Waals surface area contributed by atoms with Gasteiger partial charge in [-0.2, -0.15) is 5.10 Å². The summed E-state index contributed by atoms with van der Waals surface area (Å²) >= 11 is 1.58. The molecule has 0 bridgehead atoms. The molecule has 0 spiro atoms. The number of benzene rings is 1. The molecule has 0 saturated heterocycles. The van der Waals surface area contributed by atoms with Gasteiger partial charge in [-0.15, -0.1) is 11.3 Å². The molecule has 1 amide bonds. The van der Waals surface area contributed by atoms with E-state index in [0.717, 1.165) is 4.88 Å². The number of hydrogen-bond donors (Lipinski definition) is 2. The van der Waals surface area contributed by atoms with Crippen molar-refractivity contribution in [2.24, 2.45) is 5.10 Å². The van der Waals surface area contributed by atoms with Gasteiger partial charge in [0.25, 0.3) is 5.91 Å². The summed E-state index contributed by atoms with van der Waals surface area (Å²) in [5.41, 5.74) is 2.87. The van der Waals surface area contributed by atoms with Crippen LogP contribution in [0.4, 0.5) is 0 Å². The van der Waals surface area contributed by atoms with Crippen molar-refractivity contribution in [3.8, 4) is 0 Å². The molecule has 1 aromatic carbocycles. The molecule has 4 nitrogen and oxygen atoms in total. The molecule has 0 fully saturated rings. The Bertz CT molecular complexity index is 578. The fraction of sp³-hybridized carbons (Fsp3) is 0.143. The van der Waals surface area contributed by atoms with Gasteiger partial charge in [-0.3, -0.25) is 4.79 Å². The number of aliphatic hydroxyl groups is 1. The predicted octanol–water partition coefficient (Wildman–Crippen LogP) is 2.24. The maximum Gasteiger partial charge on any atom is 0.273 e. The van der Waals surface area contributed by atoms with Gasteiger partial charge >= 0.3 is 0 Å². The molecule has 1 heterocycles. The largest absolute Gasteiger partial charge is 0.378 e. The molecule has 0 radical (unpaired) electrons. The number of aliphatic hydroxyl groups excluding tert-OH is 1. The minimum Gasteiger partial charge on any atom is -0.378 e. The second-order valence-corrected chi connectivity index (χ2v) is 5.32. The number of nitrogens with zero attached hydrogens (tertiary/aromatic N) is 1. The molecule has 19 heavy (non-hydrogen) atoms. The second kappa shape index (κ2) is 6.26. The van der Waals surface area contributed by atoms with E-state index in [4.69, 9.17) is 0 Å². The average molecular weight is 274 g/mol. The van der Waals surface area contributed by atoms with Gasteiger partial charge in [0.05, 0.1) is 6.21 Å². The van der Waals surface area contributed by atoms with E-state index in [1.165, 1.54) is 4.88 Å². The van der Waals surface area contributed by atoms with E-state index in [0.29, 0.717) is 5.56 Å². The summed E-state index contributed by atoms with van der Waals surface area (Å²) in [7, 11) is 0. The second-order valence-electron chi connectivity index (χ2n) is 4.00. The third-order valence-electron chi connectivity index (χ3n) is 2.49. The first kappa shape index (κ1) is 13.5. The van der Waals surface area contributed by atoms with Crippen LogP contribution in [0.1, 0.15) is 21.4 Å². The number of hydrogen-bond acceptors (Lipinski definition) is 4. The maximum absolute atomic E-state index is 11.7. The van der Waals surface area contributed by atoms with Crippen molar-refractivity contribution in [2.75, 3.05) is 0 Å². The van der Waals surface area contributed by atoms with Crippen LogP contribution in [0.3, 0.4) is 0 Å². The number of nitrogens with one attached hydrogen (secondary N) is 1.